The Bertz CT molecular complexity index is 2710. The van der Waals surface area contributed by atoms with Crippen LogP contribution in [-0.2, 0) is 0 Å². The molecule has 5 heteroatoms. The summed E-state index contributed by atoms with van der Waals surface area (Å²) in [7, 11) is 0. The first-order valence-electron chi connectivity index (χ1n) is 14.5. The van der Waals surface area contributed by atoms with Gasteiger partial charge in [-0.05, 0) is 54.6 Å². The first kappa shape index (κ1) is 22.7. The molecule has 5 aromatic carbocycles. The Balaban J connectivity index is 1.50. The smallest absolute Gasteiger partial charge is 0.146 e. The molecule has 10 rings (SSSR count). The number of nitrogens with zero attached hydrogens (tertiary/aromatic N) is 5. The number of fused-ring (bicyclic) bond motifs is 13. The largest absolute Gasteiger partial charge is 0.307 e. The number of aromatic nitrogens is 5. The van der Waals surface area contributed by atoms with Crippen LogP contribution in [0.3, 0.4) is 0 Å². The van der Waals surface area contributed by atoms with Crippen molar-refractivity contribution in [1.29, 1.82) is 0 Å². The molecule has 5 nitrogen and oxygen atoms in total. The number of imidazole rings is 1. The number of hydrogen-bond acceptors (Lipinski definition) is 2. The van der Waals surface area contributed by atoms with E-state index in [-0.39, 0.29) is 0 Å². The Kier molecular flexibility index (Phi) is 4.39. The van der Waals surface area contributed by atoms with Gasteiger partial charge < -0.3 is 9.13 Å². The van der Waals surface area contributed by atoms with E-state index in [9.17, 15) is 0 Å². The van der Waals surface area contributed by atoms with Gasteiger partial charge in [-0.1, -0.05) is 66.7 Å². The Morgan fingerprint density at radius 3 is 1.81 bits per heavy atom. The van der Waals surface area contributed by atoms with Crippen LogP contribution in [0.1, 0.15) is 0 Å². The number of pyridine rings is 2. The van der Waals surface area contributed by atoms with Gasteiger partial charge in [-0.15, -0.1) is 0 Å². The van der Waals surface area contributed by atoms with Gasteiger partial charge in [0, 0.05) is 62.3 Å². The average molecular weight is 550 g/mol. The van der Waals surface area contributed by atoms with Crippen LogP contribution in [0.2, 0.25) is 0 Å². The predicted molar refractivity (Wildman–Crippen MR) is 177 cm³/mol. The fraction of sp³-hybridized carbons (Fsp3) is 0. The Morgan fingerprint density at radius 1 is 0.419 bits per heavy atom. The van der Waals surface area contributed by atoms with Gasteiger partial charge in [0.15, 0.2) is 0 Å². The maximum absolute atomic E-state index is 4.87. The molecule has 0 unspecified atom stereocenters. The molecule has 0 saturated carbocycles. The second-order valence-corrected chi connectivity index (χ2v) is 11.1. The molecule has 200 valence electrons. The van der Waals surface area contributed by atoms with Gasteiger partial charge in [0.25, 0.3) is 0 Å². The zero-order chi connectivity index (χ0) is 28.1. The van der Waals surface area contributed by atoms with E-state index < -0.39 is 0 Å². The van der Waals surface area contributed by atoms with Crippen LogP contribution in [0.5, 0.6) is 0 Å². The third-order valence-corrected chi connectivity index (χ3v) is 8.91. The molecule has 0 fully saturated rings. The SMILES string of the molecule is c1ccc(-n2c3ccccc3c3ccc4c5cc6c(cc5n(-c5ccccc5)c4c32)c2ncccc2c2nccn62)cc1. The van der Waals surface area contributed by atoms with Crippen LogP contribution < -0.4 is 0 Å². The molecule has 5 heterocycles. The standard InChI is InChI=1S/C38H23N5/c1-3-10-24(11-4-1)42-32-16-8-7-14-26(32)27-17-18-28-30-22-33-31(35-29(15-9-19-39-35)38-40-20-21-41(33)38)23-34(30)43(37(28)36(27)42)25-12-5-2-6-13-25/h1-23H. The Labute approximate surface area is 245 Å². The van der Waals surface area contributed by atoms with Crippen LogP contribution >= 0.6 is 0 Å². The summed E-state index contributed by atoms with van der Waals surface area (Å²) in [6.07, 6.45) is 5.80. The van der Waals surface area contributed by atoms with E-state index in [1.54, 1.807) is 0 Å². The Hall–Kier alpha value is -5.94. The van der Waals surface area contributed by atoms with E-state index in [0.717, 1.165) is 44.3 Å². The molecule has 0 aliphatic rings. The van der Waals surface area contributed by atoms with E-state index in [2.05, 4.69) is 135 Å². The summed E-state index contributed by atoms with van der Waals surface area (Å²) in [5.74, 6) is 0. The number of benzene rings is 5. The third kappa shape index (κ3) is 2.95. The molecule has 0 spiro atoms. The van der Waals surface area contributed by atoms with Crippen molar-refractivity contribution in [2.24, 2.45) is 0 Å². The van der Waals surface area contributed by atoms with Crippen LogP contribution in [-0.4, -0.2) is 23.5 Å². The minimum Gasteiger partial charge on any atom is -0.307 e. The summed E-state index contributed by atoms with van der Waals surface area (Å²) in [5.41, 5.74) is 9.99. The minimum atomic E-state index is 0.924. The topological polar surface area (TPSA) is 40.0 Å². The highest BCUT2D eigenvalue weighted by molar-refractivity contribution is 6.26. The van der Waals surface area contributed by atoms with Crippen molar-refractivity contribution in [2.75, 3.05) is 0 Å². The van der Waals surface area contributed by atoms with Gasteiger partial charge in [0.05, 0.1) is 33.1 Å². The number of hydrogen-bond donors (Lipinski definition) is 0. The third-order valence-electron chi connectivity index (χ3n) is 8.91. The highest BCUT2D eigenvalue weighted by Gasteiger charge is 2.22. The fourth-order valence-electron chi connectivity index (χ4n) is 7.16. The summed E-state index contributed by atoms with van der Waals surface area (Å²) in [4.78, 5) is 9.59. The number of rotatable bonds is 2. The number of para-hydroxylation sites is 3. The summed E-state index contributed by atoms with van der Waals surface area (Å²) in [6, 6.07) is 43.5. The molecule has 0 N–H and O–H groups in total. The lowest BCUT2D eigenvalue weighted by Gasteiger charge is -2.13. The minimum absolute atomic E-state index is 0.924. The summed E-state index contributed by atoms with van der Waals surface area (Å²) < 4.78 is 7.07. The first-order chi connectivity index (χ1) is 21.4. The van der Waals surface area contributed by atoms with Crippen molar-refractivity contribution in [3.8, 4) is 11.4 Å². The van der Waals surface area contributed by atoms with Crippen LogP contribution in [0.4, 0.5) is 0 Å². The monoisotopic (exact) mass is 549 g/mol. The molecule has 0 aliphatic heterocycles. The van der Waals surface area contributed by atoms with Crippen molar-refractivity contribution in [2.45, 2.75) is 0 Å². The lowest BCUT2D eigenvalue weighted by atomic mass is 10.1. The first-order valence-corrected chi connectivity index (χ1v) is 14.5. The molecule has 0 atom stereocenters. The van der Waals surface area contributed by atoms with Crippen molar-refractivity contribution < 1.29 is 0 Å². The fourth-order valence-corrected chi connectivity index (χ4v) is 7.16. The average Bonchev–Trinajstić information content (AvgIpc) is 3.78. The highest BCUT2D eigenvalue weighted by atomic mass is 15.0. The van der Waals surface area contributed by atoms with Crippen LogP contribution in [0.25, 0.3) is 82.4 Å². The molecule has 0 radical (unpaired) electrons. The van der Waals surface area contributed by atoms with Gasteiger partial charge in [0.1, 0.15) is 5.65 Å². The van der Waals surface area contributed by atoms with Crippen LogP contribution in [0.15, 0.2) is 140 Å². The van der Waals surface area contributed by atoms with E-state index in [0.29, 0.717) is 0 Å². The van der Waals surface area contributed by atoms with E-state index >= 15 is 0 Å². The van der Waals surface area contributed by atoms with E-state index in [4.69, 9.17) is 9.97 Å². The van der Waals surface area contributed by atoms with Gasteiger partial charge >= 0.3 is 0 Å². The molecule has 0 amide bonds. The maximum Gasteiger partial charge on any atom is 0.146 e. The van der Waals surface area contributed by atoms with E-state index in [1.165, 1.54) is 38.1 Å². The van der Waals surface area contributed by atoms with Crippen molar-refractivity contribution in [3.63, 3.8) is 0 Å². The summed E-state index contributed by atoms with van der Waals surface area (Å²) in [5, 5.41) is 7.04. The molecule has 43 heavy (non-hydrogen) atoms. The lowest BCUT2D eigenvalue weighted by Crippen LogP contribution is -1.98. The van der Waals surface area contributed by atoms with Crippen molar-refractivity contribution in [1.82, 2.24) is 23.5 Å². The Morgan fingerprint density at radius 2 is 1.05 bits per heavy atom. The van der Waals surface area contributed by atoms with Gasteiger partial charge in [-0.25, -0.2) is 4.98 Å². The molecule has 10 aromatic rings. The summed E-state index contributed by atoms with van der Waals surface area (Å²) in [6.45, 7) is 0. The second-order valence-electron chi connectivity index (χ2n) is 11.1. The van der Waals surface area contributed by atoms with Crippen LogP contribution in [0, 0.1) is 0 Å². The van der Waals surface area contributed by atoms with Gasteiger partial charge in [-0.2, -0.15) is 0 Å². The molecular weight excluding hydrogens is 526 g/mol. The van der Waals surface area contributed by atoms with Gasteiger partial charge in [-0.3, -0.25) is 9.38 Å². The quantitative estimate of drug-likeness (QED) is 0.202. The molecule has 5 aromatic heterocycles. The molecule has 0 aliphatic carbocycles. The zero-order valence-electron chi connectivity index (χ0n) is 23.0. The zero-order valence-corrected chi connectivity index (χ0v) is 23.0. The van der Waals surface area contributed by atoms with Crippen molar-refractivity contribution in [3.05, 3.63) is 140 Å². The second kappa shape index (κ2) is 8.30. The molecular formula is C38H23N5. The van der Waals surface area contributed by atoms with Gasteiger partial charge in [0.2, 0.25) is 0 Å². The maximum atomic E-state index is 4.87. The van der Waals surface area contributed by atoms with Crippen molar-refractivity contribution >= 4 is 71.1 Å². The normalized spacial score (nSPS) is 12.2. The lowest BCUT2D eigenvalue weighted by molar-refractivity contribution is 1.15. The highest BCUT2D eigenvalue weighted by Crippen LogP contribution is 2.43. The molecule has 0 saturated heterocycles. The molecule has 0 bridgehead atoms. The predicted octanol–water partition coefficient (Wildman–Crippen LogP) is 9.23. The summed E-state index contributed by atoms with van der Waals surface area (Å²) >= 11 is 0. The van der Waals surface area contributed by atoms with E-state index in [1.807, 2.05) is 18.5 Å².